The van der Waals surface area contributed by atoms with Gasteiger partial charge in [-0.05, 0) is 4.93 Å². The summed E-state index contributed by atoms with van der Waals surface area (Å²) in [6, 6.07) is 0. The van der Waals surface area contributed by atoms with Crippen LogP contribution in [-0.4, -0.2) is 4.93 Å². The minimum Gasteiger partial charge on any atom is -0.0901 e. The summed E-state index contributed by atoms with van der Waals surface area (Å²) in [6.07, 6.45) is 2.50. The summed E-state index contributed by atoms with van der Waals surface area (Å²) in [6.45, 7) is 8.50. The molecule has 0 aromatic carbocycles. The quantitative estimate of drug-likeness (QED) is 0.435. The van der Waals surface area contributed by atoms with Crippen molar-refractivity contribution in [1.29, 1.82) is 0 Å². The molecule has 0 bridgehead atoms. The molecular formula is C8H23I. The van der Waals surface area contributed by atoms with Crippen molar-refractivity contribution in [3.05, 3.63) is 0 Å². The maximum absolute atomic E-state index is 2.15. The molecule has 0 unspecified atom stereocenters. The van der Waals surface area contributed by atoms with Crippen molar-refractivity contribution in [2.24, 2.45) is 0 Å². The van der Waals surface area contributed by atoms with Gasteiger partial charge in [0.2, 0.25) is 0 Å². The first kappa shape index (κ1) is 22.6. The smallest absolute Gasteiger partial charge is 0.0121 e. The molecule has 0 saturated carbocycles. The average Bonchev–Trinajstić information content (AvgIpc) is 1.75. The minimum absolute atomic E-state index is 0. The van der Waals surface area contributed by atoms with E-state index in [0.29, 0.717) is 0 Å². The van der Waals surface area contributed by atoms with Crippen molar-refractivity contribution in [1.82, 2.24) is 0 Å². The fourth-order valence-corrected chi connectivity index (χ4v) is 0. The maximum atomic E-state index is 2.15. The Balaban J connectivity index is -0.0000000202. The van der Waals surface area contributed by atoms with Crippen LogP contribution in [0.15, 0.2) is 0 Å². The number of halogens is 1. The third kappa shape index (κ3) is 742. The Morgan fingerprint density at radius 1 is 0.778 bits per heavy atom. The lowest BCUT2D eigenvalue weighted by Crippen LogP contribution is -1.27. The van der Waals surface area contributed by atoms with Gasteiger partial charge >= 0.3 is 0 Å². The predicted octanol–water partition coefficient (Wildman–Crippen LogP) is 4.52. The Morgan fingerprint density at radius 2 is 0.778 bits per heavy atom. The van der Waals surface area contributed by atoms with E-state index < -0.39 is 0 Å². The van der Waals surface area contributed by atoms with Gasteiger partial charge in [0.25, 0.3) is 0 Å². The Hall–Kier alpha value is 0.730. The van der Waals surface area contributed by atoms with Gasteiger partial charge in [-0.1, -0.05) is 70.6 Å². The van der Waals surface area contributed by atoms with Gasteiger partial charge in [-0.2, -0.15) is 0 Å². The van der Waals surface area contributed by atoms with E-state index >= 15 is 0 Å². The molecule has 9 heavy (non-hydrogen) atoms. The standard InChI is InChI=1S/2C3H8.CH3I.CH4/c2*1-3-2;1-2;/h2*3H2,1-2H3;1H3;1H4. The first-order valence-electron chi connectivity index (χ1n) is 3.21. The first-order chi connectivity index (χ1) is 3.83. The third-order valence-electron chi connectivity index (χ3n) is 0. The fraction of sp³-hybridized carbons (Fsp3) is 1.00. The molecule has 0 aromatic rings. The van der Waals surface area contributed by atoms with Crippen LogP contribution in [0.5, 0.6) is 0 Å². The molecule has 0 aliphatic heterocycles. The summed E-state index contributed by atoms with van der Waals surface area (Å²) in [4.78, 5) is 1.97. The highest BCUT2D eigenvalue weighted by Gasteiger charge is 1.36. The normalized spacial score (nSPS) is 4.67. The molecule has 1 heteroatoms. The van der Waals surface area contributed by atoms with Crippen molar-refractivity contribution in [3.63, 3.8) is 0 Å². The van der Waals surface area contributed by atoms with Crippen LogP contribution < -0.4 is 0 Å². The molecule has 0 atom stereocenters. The Kier molecular flexibility index (Phi) is 176. The number of hydrogen-bond acceptors (Lipinski definition) is 0. The number of rotatable bonds is 0. The van der Waals surface area contributed by atoms with Gasteiger partial charge in [-0.15, -0.1) is 0 Å². The Labute approximate surface area is 75.6 Å². The van der Waals surface area contributed by atoms with Crippen molar-refractivity contribution in [2.45, 2.75) is 48.0 Å². The molecule has 0 rings (SSSR count). The van der Waals surface area contributed by atoms with Crippen molar-refractivity contribution >= 4 is 22.6 Å². The molecule has 0 amide bonds. The third-order valence-corrected chi connectivity index (χ3v) is 0. The van der Waals surface area contributed by atoms with E-state index in [1.54, 1.807) is 0 Å². The summed E-state index contributed by atoms with van der Waals surface area (Å²) in [5.41, 5.74) is 0. The highest BCUT2D eigenvalue weighted by Crippen LogP contribution is 1.56. The van der Waals surface area contributed by atoms with Crippen LogP contribution >= 0.6 is 22.6 Å². The lowest BCUT2D eigenvalue weighted by molar-refractivity contribution is 1.09. The molecule has 0 aromatic heterocycles. The van der Waals surface area contributed by atoms with Gasteiger partial charge in [0, 0.05) is 0 Å². The van der Waals surface area contributed by atoms with E-state index in [2.05, 4.69) is 50.3 Å². The summed E-state index contributed by atoms with van der Waals surface area (Å²) in [5, 5.41) is 0. The minimum atomic E-state index is 0. The zero-order chi connectivity index (χ0) is 7.41. The maximum Gasteiger partial charge on any atom is -0.0121 e. The fourth-order valence-electron chi connectivity index (χ4n) is 0. The lowest BCUT2D eigenvalue weighted by atomic mass is 10.6. The predicted molar refractivity (Wildman–Crippen MR) is 58.6 cm³/mol. The summed E-state index contributed by atoms with van der Waals surface area (Å²) in [7, 11) is 0. The van der Waals surface area contributed by atoms with Crippen molar-refractivity contribution in [2.75, 3.05) is 4.93 Å². The van der Waals surface area contributed by atoms with E-state index in [1.165, 1.54) is 12.8 Å². The Bertz CT molecular complexity index is 6.53. The molecule has 0 spiro atoms. The van der Waals surface area contributed by atoms with Gasteiger partial charge in [0.15, 0.2) is 0 Å². The van der Waals surface area contributed by atoms with E-state index in [1.807, 2.05) is 4.93 Å². The van der Waals surface area contributed by atoms with Crippen LogP contribution in [0.4, 0.5) is 0 Å². The summed E-state index contributed by atoms with van der Waals surface area (Å²) in [5.74, 6) is 0. The Morgan fingerprint density at radius 3 is 0.778 bits per heavy atom. The lowest BCUT2D eigenvalue weighted by Gasteiger charge is -1.48. The van der Waals surface area contributed by atoms with Crippen molar-refractivity contribution in [3.8, 4) is 0 Å². The van der Waals surface area contributed by atoms with Gasteiger partial charge < -0.3 is 0 Å². The van der Waals surface area contributed by atoms with E-state index in [4.69, 9.17) is 0 Å². The average molecular weight is 246 g/mol. The second kappa shape index (κ2) is 70.0. The topological polar surface area (TPSA) is 0 Å². The number of alkyl halides is 1. The van der Waals surface area contributed by atoms with E-state index in [-0.39, 0.29) is 7.43 Å². The zero-order valence-electron chi connectivity index (χ0n) is 6.79. The molecule has 0 saturated heterocycles. The summed E-state index contributed by atoms with van der Waals surface area (Å²) < 4.78 is 0. The molecule has 0 heterocycles. The van der Waals surface area contributed by atoms with Crippen LogP contribution in [0.2, 0.25) is 0 Å². The molecular weight excluding hydrogens is 223 g/mol. The molecule has 0 radical (unpaired) electrons. The summed E-state index contributed by atoms with van der Waals surface area (Å²) >= 11 is 2.15. The van der Waals surface area contributed by atoms with E-state index in [0.717, 1.165) is 0 Å². The molecule has 0 aliphatic rings. The molecule has 0 nitrogen and oxygen atoms in total. The van der Waals surface area contributed by atoms with Crippen LogP contribution in [-0.2, 0) is 0 Å². The highest BCUT2D eigenvalue weighted by atomic mass is 127. The first-order valence-corrected chi connectivity index (χ1v) is 5.36. The second-order valence-corrected chi connectivity index (χ2v) is 1.41. The second-order valence-electron chi connectivity index (χ2n) is 1.41. The van der Waals surface area contributed by atoms with Gasteiger partial charge in [-0.25, -0.2) is 0 Å². The van der Waals surface area contributed by atoms with Gasteiger partial charge in [0.05, 0.1) is 0 Å². The number of hydrogen-bond donors (Lipinski definition) is 0. The van der Waals surface area contributed by atoms with Gasteiger partial charge in [0.1, 0.15) is 0 Å². The molecule has 0 aliphatic carbocycles. The van der Waals surface area contributed by atoms with Crippen molar-refractivity contribution < 1.29 is 0 Å². The van der Waals surface area contributed by atoms with Crippen LogP contribution in [0.25, 0.3) is 0 Å². The van der Waals surface area contributed by atoms with Crippen LogP contribution in [0, 0.1) is 0 Å². The van der Waals surface area contributed by atoms with E-state index in [9.17, 15) is 0 Å². The monoisotopic (exact) mass is 246 g/mol. The van der Waals surface area contributed by atoms with Gasteiger partial charge in [-0.3, -0.25) is 0 Å². The highest BCUT2D eigenvalue weighted by molar-refractivity contribution is 14.1. The largest absolute Gasteiger partial charge is 0.0901 e. The molecule has 62 valence electrons. The zero-order valence-corrected chi connectivity index (χ0v) is 8.95. The molecule has 0 N–H and O–H groups in total. The molecule has 0 fully saturated rings. The van der Waals surface area contributed by atoms with Crippen LogP contribution in [0.1, 0.15) is 48.0 Å². The van der Waals surface area contributed by atoms with Crippen LogP contribution in [0.3, 0.4) is 0 Å². The SMILES string of the molecule is C.CCC.CCC.CI.